The molecule has 1 amide bonds. The number of nitrogens with two attached hydrogens (primary N) is 1. The standard InChI is InChI=1S/C25H25N7OS2/c1-3-19-20(13-26)25(35-22(23(27)33)18-7-5-4-6-8-18)30-24(21(19)28-2)32-11-9-31(10-12-32)15-17-14-29-34-16-17/h4-8,14,16,22H,3,9-12,15H2,1H3,(H2,27,33). The molecule has 1 atom stereocenters. The predicted molar refractivity (Wildman–Crippen MR) is 138 cm³/mol. The van der Waals surface area contributed by atoms with E-state index in [9.17, 15) is 10.1 Å². The minimum atomic E-state index is -0.691. The molecule has 0 radical (unpaired) electrons. The lowest BCUT2D eigenvalue weighted by Gasteiger charge is -2.36. The van der Waals surface area contributed by atoms with Crippen molar-refractivity contribution in [3.63, 3.8) is 0 Å². The Bertz CT molecular complexity index is 1260. The summed E-state index contributed by atoms with van der Waals surface area (Å²) in [6.45, 7) is 13.7. The number of nitriles is 1. The first-order valence-corrected chi connectivity index (χ1v) is 13.0. The number of amides is 1. The molecule has 35 heavy (non-hydrogen) atoms. The van der Waals surface area contributed by atoms with Gasteiger partial charge in [-0.15, -0.1) is 0 Å². The van der Waals surface area contributed by atoms with Crippen LogP contribution in [0.3, 0.4) is 0 Å². The summed E-state index contributed by atoms with van der Waals surface area (Å²) in [4.78, 5) is 25.4. The molecule has 1 saturated heterocycles. The van der Waals surface area contributed by atoms with Crippen molar-refractivity contribution in [2.24, 2.45) is 5.73 Å². The highest BCUT2D eigenvalue weighted by Gasteiger charge is 2.28. The van der Waals surface area contributed by atoms with Gasteiger partial charge in [-0.05, 0) is 34.6 Å². The van der Waals surface area contributed by atoms with Crippen LogP contribution in [0.5, 0.6) is 0 Å². The molecule has 4 rings (SSSR count). The van der Waals surface area contributed by atoms with E-state index in [1.54, 1.807) is 0 Å². The second-order valence-corrected chi connectivity index (χ2v) is 9.88. The minimum Gasteiger partial charge on any atom is -0.368 e. The topological polar surface area (TPSA) is 104 Å². The van der Waals surface area contributed by atoms with Gasteiger partial charge in [0.2, 0.25) is 11.6 Å². The van der Waals surface area contributed by atoms with Gasteiger partial charge in [-0.25, -0.2) is 14.2 Å². The van der Waals surface area contributed by atoms with Gasteiger partial charge in [-0.2, -0.15) is 5.26 Å². The first-order chi connectivity index (χ1) is 17.0. The zero-order valence-electron chi connectivity index (χ0n) is 19.3. The summed E-state index contributed by atoms with van der Waals surface area (Å²) in [7, 11) is 0. The maximum absolute atomic E-state index is 12.4. The average molecular weight is 504 g/mol. The van der Waals surface area contributed by atoms with Crippen LogP contribution in [0.15, 0.2) is 46.9 Å². The van der Waals surface area contributed by atoms with Crippen molar-refractivity contribution in [1.82, 2.24) is 14.3 Å². The third-order valence-electron chi connectivity index (χ3n) is 5.95. The van der Waals surface area contributed by atoms with E-state index in [0.29, 0.717) is 47.2 Å². The zero-order valence-corrected chi connectivity index (χ0v) is 21.0. The molecule has 0 bridgehead atoms. The number of nitrogens with zero attached hydrogens (tertiary/aromatic N) is 6. The van der Waals surface area contributed by atoms with E-state index >= 15 is 0 Å². The van der Waals surface area contributed by atoms with Crippen LogP contribution in [-0.2, 0) is 17.8 Å². The maximum atomic E-state index is 12.4. The van der Waals surface area contributed by atoms with E-state index < -0.39 is 11.2 Å². The van der Waals surface area contributed by atoms with Crippen molar-refractivity contribution in [2.45, 2.75) is 30.2 Å². The Morgan fingerprint density at radius 2 is 2.06 bits per heavy atom. The molecule has 1 unspecified atom stereocenters. The molecule has 1 fully saturated rings. The second-order valence-electron chi connectivity index (χ2n) is 8.13. The van der Waals surface area contributed by atoms with E-state index in [0.717, 1.165) is 25.2 Å². The number of benzene rings is 1. The number of aromatic nitrogens is 2. The van der Waals surface area contributed by atoms with E-state index in [1.807, 2.05) is 43.5 Å². The smallest absolute Gasteiger partial charge is 0.235 e. The number of primary amides is 1. The van der Waals surface area contributed by atoms with Crippen LogP contribution in [0.2, 0.25) is 0 Å². The number of anilines is 1. The summed E-state index contributed by atoms with van der Waals surface area (Å²) in [6.07, 6.45) is 2.41. The molecule has 1 aliphatic rings. The van der Waals surface area contributed by atoms with Crippen LogP contribution in [-0.4, -0.2) is 46.3 Å². The molecule has 8 nitrogen and oxygen atoms in total. The molecule has 1 aliphatic heterocycles. The molecule has 3 heterocycles. The van der Waals surface area contributed by atoms with Gasteiger partial charge < -0.3 is 10.6 Å². The molecule has 0 aliphatic carbocycles. The van der Waals surface area contributed by atoms with E-state index in [1.165, 1.54) is 28.9 Å². The molecule has 1 aromatic carbocycles. The molecular weight excluding hydrogens is 478 g/mol. The van der Waals surface area contributed by atoms with Crippen molar-refractivity contribution in [1.29, 1.82) is 5.26 Å². The largest absolute Gasteiger partial charge is 0.368 e. The zero-order chi connectivity index (χ0) is 24.8. The van der Waals surface area contributed by atoms with Crippen molar-refractivity contribution in [2.75, 3.05) is 31.1 Å². The SMILES string of the molecule is [C-]#[N+]c1c(N2CCN(Cc3cnsc3)CC2)nc(SC(C(N)=O)c2ccccc2)c(C#N)c1CC. The Balaban J connectivity index is 1.66. The lowest BCUT2D eigenvalue weighted by atomic mass is 10.1. The van der Waals surface area contributed by atoms with Gasteiger partial charge >= 0.3 is 0 Å². The molecule has 0 saturated carbocycles. The number of piperazine rings is 1. The Hall–Kier alpha value is -3.44. The molecule has 10 heteroatoms. The second kappa shape index (κ2) is 11.3. The van der Waals surface area contributed by atoms with Gasteiger partial charge in [0.1, 0.15) is 22.2 Å². The number of pyridine rings is 1. The quantitative estimate of drug-likeness (QED) is 0.364. The summed E-state index contributed by atoms with van der Waals surface area (Å²) in [6, 6.07) is 11.5. The number of rotatable bonds is 8. The Morgan fingerprint density at radius 3 is 2.63 bits per heavy atom. The number of carbonyl (C=O) groups excluding carboxylic acids is 1. The van der Waals surface area contributed by atoms with Gasteiger partial charge in [0.05, 0.1) is 12.1 Å². The van der Waals surface area contributed by atoms with Gasteiger partial charge in [0.15, 0.2) is 0 Å². The lowest BCUT2D eigenvalue weighted by molar-refractivity contribution is -0.117. The van der Waals surface area contributed by atoms with Crippen LogP contribution in [0.25, 0.3) is 4.85 Å². The average Bonchev–Trinajstić information content (AvgIpc) is 3.40. The van der Waals surface area contributed by atoms with E-state index in [4.69, 9.17) is 17.3 Å². The Morgan fingerprint density at radius 1 is 1.31 bits per heavy atom. The monoisotopic (exact) mass is 503 g/mol. The number of hydrogen-bond donors (Lipinski definition) is 1. The highest BCUT2D eigenvalue weighted by atomic mass is 32.2. The molecular formula is C25H25N7OS2. The van der Waals surface area contributed by atoms with Crippen LogP contribution in [0.4, 0.5) is 11.5 Å². The highest BCUT2D eigenvalue weighted by Crippen LogP contribution is 2.42. The van der Waals surface area contributed by atoms with Crippen molar-refractivity contribution < 1.29 is 4.79 Å². The summed E-state index contributed by atoms with van der Waals surface area (Å²) in [5.74, 6) is 0.0729. The Labute approximate surface area is 213 Å². The van der Waals surface area contributed by atoms with E-state index in [2.05, 4.69) is 30.5 Å². The fraction of sp³-hybridized carbons (Fsp3) is 0.320. The van der Waals surface area contributed by atoms with Gasteiger partial charge in [0, 0.05) is 44.3 Å². The lowest BCUT2D eigenvalue weighted by Crippen LogP contribution is -2.46. The minimum absolute atomic E-state index is 0.345. The summed E-state index contributed by atoms with van der Waals surface area (Å²) in [5, 5.41) is 11.8. The van der Waals surface area contributed by atoms with Gasteiger partial charge in [0.25, 0.3) is 0 Å². The summed E-state index contributed by atoms with van der Waals surface area (Å²) in [5.41, 5.74) is 9.13. The van der Waals surface area contributed by atoms with Gasteiger partial charge in [-0.3, -0.25) is 9.69 Å². The molecule has 3 aromatic rings. The molecule has 2 aromatic heterocycles. The van der Waals surface area contributed by atoms with Crippen molar-refractivity contribution in [3.05, 3.63) is 75.6 Å². The normalized spacial score (nSPS) is 14.8. The third-order valence-corrected chi connectivity index (χ3v) is 7.84. The van der Waals surface area contributed by atoms with Gasteiger partial charge in [-0.1, -0.05) is 49.0 Å². The molecule has 2 N–H and O–H groups in total. The fourth-order valence-corrected chi connectivity index (χ4v) is 5.77. The van der Waals surface area contributed by atoms with Crippen molar-refractivity contribution in [3.8, 4) is 6.07 Å². The number of hydrogen-bond acceptors (Lipinski definition) is 8. The number of thioether (sulfide) groups is 1. The van der Waals surface area contributed by atoms with Crippen molar-refractivity contribution >= 4 is 40.7 Å². The van der Waals surface area contributed by atoms with Crippen LogP contribution in [0, 0.1) is 17.9 Å². The fourth-order valence-electron chi connectivity index (χ4n) is 4.18. The van der Waals surface area contributed by atoms with Crippen LogP contribution >= 0.6 is 23.3 Å². The van der Waals surface area contributed by atoms with Crippen LogP contribution in [0.1, 0.15) is 34.4 Å². The van der Waals surface area contributed by atoms with E-state index in [-0.39, 0.29) is 0 Å². The first-order valence-electron chi connectivity index (χ1n) is 11.3. The first kappa shape index (κ1) is 24.7. The highest BCUT2D eigenvalue weighted by molar-refractivity contribution is 8.00. The maximum Gasteiger partial charge on any atom is 0.235 e. The molecule has 0 spiro atoms. The third kappa shape index (κ3) is 5.46. The summed E-state index contributed by atoms with van der Waals surface area (Å²) >= 11 is 2.63. The predicted octanol–water partition coefficient (Wildman–Crippen LogP) is 4.16. The Kier molecular flexibility index (Phi) is 7.98. The van der Waals surface area contributed by atoms with Crippen LogP contribution < -0.4 is 10.6 Å². The number of carbonyl (C=O) groups is 1. The molecule has 178 valence electrons. The summed E-state index contributed by atoms with van der Waals surface area (Å²) < 4.78 is 4.18.